The molecule has 0 saturated carbocycles. The number of thioether (sulfide) groups is 1. The molecule has 0 radical (unpaired) electrons. The number of carbonyl (C=O) groups excluding carboxylic acids is 1. The number of hydrogen-bond donors (Lipinski definition) is 1. The van der Waals surface area contributed by atoms with Crippen LogP contribution in [0.5, 0.6) is 0 Å². The summed E-state index contributed by atoms with van der Waals surface area (Å²) in [6.45, 7) is 5.01. The number of amides is 2. The molecule has 0 aliphatic carbocycles. The zero-order chi connectivity index (χ0) is 18.0. The smallest absolute Gasteiger partial charge is 0.318 e. The summed E-state index contributed by atoms with van der Waals surface area (Å²) in [5.74, 6) is 1.53. The van der Waals surface area contributed by atoms with Gasteiger partial charge in [-0.3, -0.25) is 9.36 Å². The van der Waals surface area contributed by atoms with Gasteiger partial charge in [0.25, 0.3) is 5.56 Å². The van der Waals surface area contributed by atoms with Crippen molar-refractivity contribution in [1.29, 1.82) is 0 Å². The molecule has 10 heteroatoms. The van der Waals surface area contributed by atoms with E-state index in [4.69, 9.17) is 0 Å². The average molecular weight is 380 g/mol. The average Bonchev–Trinajstić information content (AvgIpc) is 3.18. The van der Waals surface area contributed by atoms with Gasteiger partial charge >= 0.3 is 6.03 Å². The van der Waals surface area contributed by atoms with Gasteiger partial charge in [-0.05, 0) is 20.3 Å². The summed E-state index contributed by atoms with van der Waals surface area (Å²) in [5.41, 5.74) is 1.25. The van der Waals surface area contributed by atoms with E-state index in [9.17, 15) is 9.59 Å². The number of urea groups is 1. The maximum absolute atomic E-state index is 12.3. The Balaban J connectivity index is 1.45. The number of carbonyl (C=O) groups is 1. The summed E-state index contributed by atoms with van der Waals surface area (Å²) in [7, 11) is 1.70. The van der Waals surface area contributed by atoms with Crippen molar-refractivity contribution >= 4 is 29.1 Å². The summed E-state index contributed by atoms with van der Waals surface area (Å²) >= 11 is 3.22. The molecule has 2 aromatic rings. The Kier molecular flexibility index (Phi) is 5.38. The number of fused-ring (bicyclic) bond motifs is 1. The van der Waals surface area contributed by atoms with E-state index in [1.165, 1.54) is 4.57 Å². The van der Waals surface area contributed by atoms with Crippen molar-refractivity contribution in [2.75, 3.05) is 12.3 Å². The first kappa shape index (κ1) is 17.9. The molecule has 1 aliphatic rings. The zero-order valence-electron chi connectivity index (χ0n) is 14.4. The monoisotopic (exact) mass is 380 g/mol. The number of nitrogens with one attached hydrogen (secondary N) is 1. The number of hydrogen-bond acceptors (Lipinski definition) is 7. The van der Waals surface area contributed by atoms with Crippen LogP contribution in [0.1, 0.15) is 28.5 Å². The zero-order valence-corrected chi connectivity index (χ0v) is 16.0. The predicted molar refractivity (Wildman–Crippen MR) is 96.8 cm³/mol. The quantitative estimate of drug-likeness (QED) is 0.623. The van der Waals surface area contributed by atoms with Crippen LogP contribution in [0.25, 0.3) is 0 Å². The van der Waals surface area contributed by atoms with Gasteiger partial charge in [-0.25, -0.2) is 9.78 Å². The Morgan fingerprint density at radius 2 is 2.12 bits per heavy atom. The summed E-state index contributed by atoms with van der Waals surface area (Å²) < 4.78 is 2.48. The van der Waals surface area contributed by atoms with Crippen molar-refractivity contribution in [3.05, 3.63) is 32.4 Å². The molecule has 0 aromatic carbocycles. The third-order valence-corrected chi connectivity index (χ3v) is 6.06. The van der Waals surface area contributed by atoms with E-state index in [-0.39, 0.29) is 11.6 Å². The van der Waals surface area contributed by atoms with Crippen LogP contribution in [0.2, 0.25) is 0 Å². The summed E-state index contributed by atoms with van der Waals surface area (Å²) in [4.78, 5) is 30.6. The molecule has 0 unspecified atom stereocenters. The minimum atomic E-state index is -0.158. The second-order valence-corrected chi connectivity index (χ2v) is 8.35. The lowest BCUT2D eigenvalue weighted by Gasteiger charge is -2.15. The maximum atomic E-state index is 12.3. The van der Waals surface area contributed by atoms with Gasteiger partial charge in [-0.15, -0.1) is 10.2 Å². The molecule has 1 N–H and O–H groups in total. The number of aromatic nitrogens is 4. The third kappa shape index (κ3) is 4.01. The Morgan fingerprint density at radius 3 is 2.84 bits per heavy atom. The summed E-state index contributed by atoms with van der Waals surface area (Å²) in [6, 6.07) is -0.158. The van der Waals surface area contributed by atoms with E-state index in [0.717, 1.165) is 21.5 Å². The van der Waals surface area contributed by atoms with Crippen LogP contribution in [0.4, 0.5) is 4.79 Å². The SMILES string of the molecule is Cc1nnc(SCCCNC(=O)N2Cc3nc(C)n(C)c(=O)c3C2)s1. The highest BCUT2D eigenvalue weighted by molar-refractivity contribution is 8.01. The lowest BCUT2D eigenvalue weighted by atomic mass is 10.2. The van der Waals surface area contributed by atoms with Gasteiger partial charge in [0.1, 0.15) is 10.8 Å². The molecule has 2 amide bonds. The molecule has 3 heterocycles. The minimum Gasteiger partial charge on any atom is -0.338 e. The molecule has 25 heavy (non-hydrogen) atoms. The van der Waals surface area contributed by atoms with Crippen LogP contribution in [0.15, 0.2) is 9.13 Å². The maximum Gasteiger partial charge on any atom is 0.318 e. The molecule has 8 nitrogen and oxygen atoms in total. The van der Waals surface area contributed by atoms with Crippen LogP contribution >= 0.6 is 23.1 Å². The first-order valence-electron chi connectivity index (χ1n) is 7.96. The molecular weight excluding hydrogens is 360 g/mol. The molecule has 0 spiro atoms. The largest absolute Gasteiger partial charge is 0.338 e. The van der Waals surface area contributed by atoms with Gasteiger partial charge in [0, 0.05) is 19.3 Å². The highest BCUT2D eigenvalue weighted by Crippen LogP contribution is 2.22. The third-order valence-electron chi connectivity index (χ3n) is 4.00. The molecular formula is C15H20N6O2S2. The van der Waals surface area contributed by atoms with Gasteiger partial charge in [0.05, 0.1) is 24.3 Å². The molecule has 134 valence electrons. The predicted octanol–water partition coefficient (Wildman–Crippen LogP) is 1.46. The first-order valence-corrected chi connectivity index (χ1v) is 9.77. The van der Waals surface area contributed by atoms with E-state index >= 15 is 0 Å². The van der Waals surface area contributed by atoms with Crippen molar-refractivity contribution in [3.8, 4) is 0 Å². The van der Waals surface area contributed by atoms with Crippen LogP contribution in [0.3, 0.4) is 0 Å². The van der Waals surface area contributed by atoms with Gasteiger partial charge in [0.15, 0.2) is 4.34 Å². The number of rotatable bonds is 5. The van der Waals surface area contributed by atoms with Crippen molar-refractivity contribution in [2.45, 2.75) is 37.7 Å². The first-order chi connectivity index (χ1) is 12.0. The molecule has 0 saturated heterocycles. The van der Waals surface area contributed by atoms with E-state index in [0.29, 0.717) is 36.7 Å². The van der Waals surface area contributed by atoms with Crippen molar-refractivity contribution in [1.82, 2.24) is 30.0 Å². The van der Waals surface area contributed by atoms with E-state index in [2.05, 4.69) is 20.5 Å². The van der Waals surface area contributed by atoms with Crippen LogP contribution in [-0.2, 0) is 20.1 Å². The second kappa shape index (κ2) is 7.52. The minimum absolute atomic E-state index is 0.0680. The Morgan fingerprint density at radius 1 is 1.32 bits per heavy atom. The van der Waals surface area contributed by atoms with Crippen LogP contribution < -0.4 is 10.9 Å². The summed E-state index contributed by atoms with van der Waals surface area (Å²) in [6.07, 6.45) is 0.842. The fraction of sp³-hybridized carbons (Fsp3) is 0.533. The normalized spacial score (nSPS) is 13.2. The molecule has 1 aliphatic heterocycles. The number of nitrogens with zero attached hydrogens (tertiary/aromatic N) is 5. The van der Waals surface area contributed by atoms with Crippen LogP contribution in [0, 0.1) is 13.8 Å². The molecule has 0 atom stereocenters. The van der Waals surface area contributed by atoms with E-state index in [1.807, 2.05) is 6.92 Å². The van der Waals surface area contributed by atoms with Crippen LogP contribution in [-0.4, -0.2) is 43.0 Å². The molecule has 0 bridgehead atoms. The standard InChI is InChI=1S/C15H20N6O2S2/c1-9-17-12-8-21(7-11(12)13(22)20(9)3)14(23)16-5-4-6-24-15-19-18-10(2)25-15/h4-8H2,1-3H3,(H,16,23). The highest BCUT2D eigenvalue weighted by Gasteiger charge is 2.27. The topological polar surface area (TPSA) is 93.0 Å². The lowest BCUT2D eigenvalue weighted by Crippen LogP contribution is -2.37. The Bertz CT molecular complexity index is 847. The summed E-state index contributed by atoms with van der Waals surface area (Å²) in [5, 5.41) is 11.9. The van der Waals surface area contributed by atoms with E-state index < -0.39 is 0 Å². The fourth-order valence-electron chi connectivity index (χ4n) is 2.55. The Hall–Kier alpha value is -1.94. The number of aryl methyl sites for hydroxylation is 2. The van der Waals surface area contributed by atoms with Gasteiger partial charge < -0.3 is 10.2 Å². The molecule has 2 aromatic heterocycles. The molecule has 0 fully saturated rings. The highest BCUT2D eigenvalue weighted by atomic mass is 32.2. The second-order valence-electron chi connectivity index (χ2n) is 5.83. The van der Waals surface area contributed by atoms with Gasteiger partial charge in [-0.1, -0.05) is 23.1 Å². The van der Waals surface area contributed by atoms with Gasteiger partial charge in [-0.2, -0.15) is 0 Å². The van der Waals surface area contributed by atoms with E-state index in [1.54, 1.807) is 42.0 Å². The van der Waals surface area contributed by atoms with Crippen molar-refractivity contribution < 1.29 is 4.79 Å². The fourth-order valence-corrected chi connectivity index (χ4v) is 4.37. The van der Waals surface area contributed by atoms with Crippen molar-refractivity contribution in [3.63, 3.8) is 0 Å². The Labute approximate surface area is 153 Å². The van der Waals surface area contributed by atoms with Crippen molar-refractivity contribution in [2.24, 2.45) is 7.05 Å². The molecule has 3 rings (SSSR count). The lowest BCUT2D eigenvalue weighted by molar-refractivity contribution is 0.198. The van der Waals surface area contributed by atoms with Gasteiger partial charge in [0.2, 0.25) is 0 Å².